The van der Waals surface area contributed by atoms with Crippen LogP contribution in [-0.4, -0.2) is 21.6 Å². The van der Waals surface area contributed by atoms with E-state index in [1.807, 2.05) is 6.20 Å². The highest BCUT2D eigenvalue weighted by atomic mass is 79.9. The second kappa shape index (κ2) is 3.53. The molecule has 4 nitrogen and oxygen atoms in total. The van der Waals surface area contributed by atoms with Gasteiger partial charge in [-0.25, -0.2) is 4.68 Å². The fraction of sp³-hybridized carbons (Fsp3) is 0.714. The van der Waals surface area contributed by atoms with E-state index in [0.29, 0.717) is 0 Å². The highest BCUT2D eigenvalue weighted by Crippen LogP contribution is 2.21. The van der Waals surface area contributed by atoms with E-state index in [4.69, 9.17) is 4.74 Å². The lowest BCUT2D eigenvalue weighted by Gasteiger charge is -2.21. The summed E-state index contributed by atoms with van der Waals surface area (Å²) in [6, 6.07) is 0. The third-order valence-electron chi connectivity index (χ3n) is 1.93. The Morgan fingerprint density at radius 1 is 1.58 bits per heavy atom. The van der Waals surface area contributed by atoms with Crippen molar-refractivity contribution in [3.63, 3.8) is 0 Å². The number of ether oxygens (including phenoxy) is 1. The maximum atomic E-state index is 5.52. The molecule has 66 valence electrons. The third-order valence-corrected chi connectivity index (χ3v) is 2.30. The molecule has 5 heteroatoms. The molecule has 2 rings (SSSR count). The molecule has 0 aliphatic carbocycles. The van der Waals surface area contributed by atoms with Crippen LogP contribution in [0.1, 0.15) is 25.5 Å². The number of hydrogen-bond acceptors (Lipinski definition) is 3. The second-order valence-corrected chi connectivity index (χ2v) is 3.65. The Morgan fingerprint density at radius 2 is 2.50 bits per heavy atom. The van der Waals surface area contributed by atoms with Gasteiger partial charge in [0.2, 0.25) is 0 Å². The smallest absolute Gasteiger partial charge is 0.151 e. The Morgan fingerprint density at radius 3 is 3.08 bits per heavy atom. The van der Waals surface area contributed by atoms with Crippen molar-refractivity contribution < 1.29 is 4.74 Å². The van der Waals surface area contributed by atoms with Crippen molar-refractivity contribution in [3.8, 4) is 0 Å². The normalized spacial score (nSPS) is 24.2. The van der Waals surface area contributed by atoms with Gasteiger partial charge in [0.25, 0.3) is 0 Å². The van der Waals surface area contributed by atoms with Crippen LogP contribution in [-0.2, 0) is 4.74 Å². The summed E-state index contributed by atoms with van der Waals surface area (Å²) in [6.07, 6.45) is 5.35. The van der Waals surface area contributed by atoms with E-state index in [2.05, 4.69) is 26.2 Å². The van der Waals surface area contributed by atoms with Crippen LogP contribution in [0.15, 0.2) is 10.8 Å². The van der Waals surface area contributed by atoms with Crippen LogP contribution in [0.2, 0.25) is 0 Å². The van der Waals surface area contributed by atoms with Crippen LogP contribution >= 0.6 is 15.9 Å². The molecule has 1 aliphatic rings. The molecule has 1 aromatic rings. The zero-order valence-corrected chi connectivity index (χ0v) is 8.20. The molecule has 1 fully saturated rings. The molecule has 0 aromatic carbocycles. The zero-order valence-electron chi connectivity index (χ0n) is 6.61. The number of hydrogen-bond donors (Lipinski definition) is 0. The lowest BCUT2D eigenvalue weighted by molar-refractivity contribution is -0.0405. The molecule has 0 radical (unpaired) electrons. The summed E-state index contributed by atoms with van der Waals surface area (Å²) in [5, 5.41) is 7.78. The lowest BCUT2D eigenvalue weighted by Crippen LogP contribution is -2.18. The molecule has 0 bridgehead atoms. The first kappa shape index (κ1) is 8.19. The Balaban J connectivity index is 2.08. The fourth-order valence-electron chi connectivity index (χ4n) is 1.33. The van der Waals surface area contributed by atoms with Gasteiger partial charge < -0.3 is 4.74 Å². The summed E-state index contributed by atoms with van der Waals surface area (Å²) in [4.78, 5) is 0. The van der Waals surface area contributed by atoms with Gasteiger partial charge in [-0.1, -0.05) is 5.21 Å². The Labute approximate surface area is 79.0 Å². The molecule has 1 aromatic heterocycles. The minimum atomic E-state index is 0.0950. The van der Waals surface area contributed by atoms with E-state index in [1.165, 1.54) is 6.42 Å². The largest absolute Gasteiger partial charge is 0.356 e. The van der Waals surface area contributed by atoms with Crippen molar-refractivity contribution in [1.82, 2.24) is 15.0 Å². The molecule has 0 N–H and O–H groups in total. The number of halogens is 1. The topological polar surface area (TPSA) is 39.9 Å². The van der Waals surface area contributed by atoms with Crippen LogP contribution in [0, 0.1) is 0 Å². The lowest BCUT2D eigenvalue weighted by atomic mass is 10.2. The molecule has 2 heterocycles. The van der Waals surface area contributed by atoms with Gasteiger partial charge in [-0.15, -0.1) is 5.10 Å². The van der Waals surface area contributed by atoms with Crippen molar-refractivity contribution in [2.45, 2.75) is 25.5 Å². The van der Waals surface area contributed by atoms with Crippen LogP contribution in [0.4, 0.5) is 0 Å². The van der Waals surface area contributed by atoms with Gasteiger partial charge in [-0.3, -0.25) is 0 Å². The van der Waals surface area contributed by atoms with Crippen LogP contribution < -0.4 is 0 Å². The van der Waals surface area contributed by atoms with E-state index in [-0.39, 0.29) is 6.23 Å². The van der Waals surface area contributed by atoms with Crippen molar-refractivity contribution >= 4 is 15.9 Å². The molecular formula is C7H10BrN3O. The molecule has 1 saturated heterocycles. The molecule has 1 atom stereocenters. The predicted octanol–water partition coefficient (Wildman–Crippen LogP) is 1.74. The van der Waals surface area contributed by atoms with Gasteiger partial charge >= 0.3 is 0 Å². The zero-order chi connectivity index (χ0) is 8.39. The monoisotopic (exact) mass is 231 g/mol. The Hall–Kier alpha value is -0.420. The average molecular weight is 232 g/mol. The summed E-state index contributed by atoms with van der Waals surface area (Å²) in [6.45, 7) is 0.835. The van der Waals surface area contributed by atoms with Crippen LogP contribution in [0.25, 0.3) is 0 Å². The Kier molecular flexibility index (Phi) is 2.41. The standard InChI is InChI=1S/C7H10BrN3O/c8-6-5-11(10-9-6)7-3-1-2-4-12-7/h5,7H,1-4H2. The summed E-state index contributed by atoms with van der Waals surface area (Å²) in [7, 11) is 0. The third kappa shape index (κ3) is 1.67. The van der Waals surface area contributed by atoms with Crippen LogP contribution in [0.5, 0.6) is 0 Å². The van der Waals surface area contributed by atoms with E-state index in [9.17, 15) is 0 Å². The first-order valence-corrected chi connectivity index (χ1v) is 4.84. The minimum absolute atomic E-state index is 0.0950. The average Bonchev–Trinajstić information content (AvgIpc) is 2.54. The van der Waals surface area contributed by atoms with Crippen molar-refractivity contribution in [2.24, 2.45) is 0 Å². The van der Waals surface area contributed by atoms with Gasteiger partial charge in [0.05, 0.1) is 6.20 Å². The van der Waals surface area contributed by atoms with E-state index >= 15 is 0 Å². The molecule has 0 amide bonds. The van der Waals surface area contributed by atoms with E-state index < -0.39 is 0 Å². The molecule has 1 aliphatic heterocycles. The highest BCUT2D eigenvalue weighted by molar-refractivity contribution is 9.10. The van der Waals surface area contributed by atoms with Gasteiger partial charge in [-0.05, 0) is 35.2 Å². The first-order valence-electron chi connectivity index (χ1n) is 4.05. The van der Waals surface area contributed by atoms with Crippen molar-refractivity contribution in [3.05, 3.63) is 10.8 Å². The molecule has 1 unspecified atom stereocenters. The predicted molar refractivity (Wildman–Crippen MR) is 46.6 cm³/mol. The number of rotatable bonds is 1. The summed E-state index contributed by atoms with van der Waals surface area (Å²) in [5.41, 5.74) is 0. The maximum Gasteiger partial charge on any atom is 0.151 e. The van der Waals surface area contributed by atoms with E-state index in [0.717, 1.165) is 24.1 Å². The van der Waals surface area contributed by atoms with Crippen molar-refractivity contribution in [1.29, 1.82) is 0 Å². The maximum absolute atomic E-state index is 5.52. The molecule has 0 spiro atoms. The number of nitrogens with zero attached hydrogens (tertiary/aromatic N) is 3. The van der Waals surface area contributed by atoms with E-state index in [1.54, 1.807) is 4.68 Å². The summed E-state index contributed by atoms with van der Waals surface area (Å²) in [5.74, 6) is 0. The minimum Gasteiger partial charge on any atom is -0.356 e. The SMILES string of the molecule is Brc1cn(C2CCCCO2)nn1. The van der Waals surface area contributed by atoms with Crippen molar-refractivity contribution in [2.75, 3.05) is 6.61 Å². The van der Waals surface area contributed by atoms with Gasteiger partial charge in [0.15, 0.2) is 6.23 Å². The van der Waals surface area contributed by atoms with Gasteiger partial charge in [-0.2, -0.15) is 0 Å². The Bertz CT molecular complexity index is 257. The van der Waals surface area contributed by atoms with Gasteiger partial charge in [0.1, 0.15) is 4.60 Å². The summed E-state index contributed by atoms with van der Waals surface area (Å²) < 4.78 is 8.04. The second-order valence-electron chi connectivity index (χ2n) is 2.84. The fourth-order valence-corrected chi connectivity index (χ4v) is 1.61. The quantitative estimate of drug-likeness (QED) is 0.740. The molecular weight excluding hydrogens is 222 g/mol. The molecule has 12 heavy (non-hydrogen) atoms. The number of aromatic nitrogens is 3. The molecule has 0 saturated carbocycles. The highest BCUT2D eigenvalue weighted by Gasteiger charge is 2.16. The summed E-state index contributed by atoms with van der Waals surface area (Å²) >= 11 is 3.25. The van der Waals surface area contributed by atoms with Crippen LogP contribution in [0.3, 0.4) is 0 Å². The first-order chi connectivity index (χ1) is 5.86. The van der Waals surface area contributed by atoms with Gasteiger partial charge in [0, 0.05) is 6.61 Å².